The number of rotatable bonds is 6. The van der Waals surface area contributed by atoms with Gasteiger partial charge in [0.2, 0.25) is 5.91 Å². The third-order valence-electron chi connectivity index (χ3n) is 3.21. The van der Waals surface area contributed by atoms with Crippen LogP contribution in [0.1, 0.15) is 24.9 Å². The summed E-state index contributed by atoms with van der Waals surface area (Å²) in [6, 6.07) is 15.6. The van der Waals surface area contributed by atoms with Gasteiger partial charge < -0.3 is 5.32 Å². The highest BCUT2D eigenvalue weighted by Gasteiger charge is 2.13. The van der Waals surface area contributed by atoms with Crippen molar-refractivity contribution in [1.29, 1.82) is 0 Å². The van der Waals surface area contributed by atoms with E-state index in [1.54, 1.807) is 0 Å². The first-order valence-corrected chi connectivity index (χ1v) is 9.18. The predicted octanol–water partition coefficient (Wildman–Crippen LogP) is 5.46. The van der Waals surface area contributed by atoms with Crippen molar-refractivity contribution in [2.75, 3.05) is 5.75 Å². The Labute approximate surface area is 148 Å². The third kappa shape index (κ3) is 5.04. The lowest BCUT2D eigenvalue weighted by Crippen LogP contribution is -2.29. The fraction of sp³-hybridized carbons (Fsp3) is 0.235. The molecule has 2 rings (SSSR count). The molecule has 2 nitrogen and oxygen atoms in total. The quantitative estimate of drug-likeness (QED) is 0.654. The lowest BCUT2D eigenvalue weighted by molar-refractivity contribution is -0.119. The highest BCUT2D eigenvalue weighted by molar-refractivity contribution is 9.10. The summed E-state index contributed by atoms with van der Waals surface area (Å²) in [6.07, 6.45) is 0.851. The van der Waals surface area contributed by atoms with Crippen molar-refractivity contribution >= 4 is 45.2 Å². The Morgan fingerprint density at radius 1 is 1.23 bits per heavy atom. The molecular formula is C17H17BrClNOS. The minimum absolute atomic E-state index is 0.0136. The second-order valence-electron chi connectivity index (χ2n) is 4.80. The molecule has 2 aromatic carbocycles. The van der Waals surface area contributed by atoms with Gasteiger partial charge in [-0.2, -0.15) is 0 Å². The van der Waals surface area contributed by atoms with Crippen molar-refractivity contribution in [1.82, 2.24) is 5.32 Å². The summed E-state index contributed by atoms with van der Waals surface area (Å²) in [5, 5.41) is 3.75. The highest BCUT2D eigenvalue weighted by atomic mass is 79.9. The molecule has 1 N–H and O–H groups in total. The van der Waals surface area contributed by atoms with E-state index in [9.17, 15) is 4.79 Å². The molecule has 0 aliphatic rings. The molecule has 0 fully saturated rings. The van der Waals surface area contributed by atoms with E-state index in [0.29, 0.717) is 10.8 Å². The number of halogens is 2. The van der Waals surface area contributed by atoms with Crippen LogP contribution in [0.3, 0.4) is 0 Å². The summed E-state index contributed by atoms with van der Waals surface area (Å²) in [6.45, 7) is 2.06. The molecule has 116 valence electrons. The molecule has 0 bridgehead atoms. The zero-order valence-electron chi connectivity index (χ0n) is 12.2. The number of hydrogen-bond donors (Lipinski definition) is 1. The fourth-order valence-electron chi connectivity index (χ4n) is 2.06. The number of benzene rings is 2. The van der Waals surface area contributed by atoms with Gasteiger partial charge >= 0.3 is 0 Å². The SMILES string of the molecule is CC[C@@H](NC(=O)CSc1ccccc1Cl)c1ccc(Br)cc1. The van der Waals surface area contributed by atoms with Gasteiger partial charge in [-0.1, -0.05) is 58.7 Å². The zero-order chi connectivity index (χ0) is 15.9. The number of carbonyl (C=O) groups is 1. The number of thioether (sulfide) groups is 1. The molecule has 0 radical (unpaired) electrons. The number of amides is 1. The normalized spacial score (nSPS) is 12.0. The van der Waals surface area contributed by atoms with Gasteiger partial charge in [0, 0.05) is 9.37 Å². The molecular weight excluding hydrogens is 382 g/mol. The van der Waals surface area contributed by atoms with Gasteiger partial charge in [0.25, 0.3) is 0 Å². The van der Waals surface area contributed by atoms with Crippen molar-refractivity contribution in [3.63, 3.8) is 0 Å². The molecule has 0 heterocycles. The highest BCUT2D eigenvalue weighted by Crippen LogP contribution is 2.26. The van der Waals surface area contributed by atoms with Crippen LogP contribution in [0.2, 0.25) is 5.02 Å². The second-order valence-corrected chi connectivity index (χ2v) is 7.14. The minimum Gasteiger partial charge on any atom is -0.349 e. The van der Waals surface area contributed by atoms with Gasteiger partial charge in [-0.05, 0) is 36.2 Å². The first-order chi connectivity index (χ1) is 10.6. The predicted molar refractivity (Wildman–Crippen MR) is 97.5 cm³/mol. The van der Waals surface area contributed by atoms with E-state index in [1.165, 1.54) is 11.8 Å². The van der Waals surface area contributed by atoms with Crippen LogP contribution in [0.15, 0.2) is 57.9 Å². The lowest BCUT2D eigenvalue weighted by Gasteiger charge is -2.17. The maximum atomic E-state index is 12.2. The van der Waals surface area contributed by atoms with Crippen LogP contribution in [0.4, 0.5) is 0 Å². The molecule has 0 aliphatic carbocycles. The van der Waals surface area contributed by atoms with Crippen LogP contribution in [-0.2, 0) is 4.79 Å². The van der Waals surface area contributed by atoms with Crippen molar-refractivity contribution in [2.24, 2.45) is 0 Å². The standard InChI is InChI=1S/C17H17BrClNOS/c1-2-15(12-7-9-13(18)10-8-12)20-17(21)11-22-16-6-4-3-5-14(16)19/h3-10,15H,2,11H2,1H3,(H,20,21)/t15-/m1/s1. The molecule has 0 aliphatic heterocycles. The topological polar surface area (TPSA) is 29.1 Å². The van der Waals surface area contributed by atoms with E-state index in [2.05, 4.69) is 28.2 Å². The largest absolute Gasteiger partial charge is 0.349 e. The maximum absolute atomic E-state index is 12.2. The van der Waals surface area contributed by atoms with E-state index in [-0.39, 0.29) is 11.9 Å². The number of carbonyl (C=O) groups excluding carboxylic acids is 1. The molecule has 2 aromatic rings. The molecule has 1 atom stereocenters. The Kier molecular flexibility index (Phi) is 6.80. The van der Waals surface area contributed by atoms with Gasteiger partial charge in [-0.3, -0.25) is 4.79 Å². The molecule has 0 saturated carbocycles. The average Bonchev–Trinajstić information content (AvgIpc) is 2.53. The molecule has 22 heavy (non-hydrogen) atoms. The Morgan fingerprint density at radius 3 is 2.55 bits per heavy atom. The van der Waals surface area contributed by atoms with Crippen LogP contribution in [0.25, 0.3) is 0 Å². The van der Waals surface area contributed by atoms with E-state index in [1.807, 2.05) is 48.5 Å². The van der Waals surface area contributed by atoms with E-state index in [4.69, 9.17) is 11.6 Å². The van der Waals surface area contributed by atoms with E-state index in [0.717, 1.165) is 21.4 Å². The monoisotopic (exact) mass is 397 g/mol. The van der Waals surface area contributed by atoms with Gasteiger partial charge in [-0.15, -0.1) is 11.8 Å². The van der Waals surface area contributed by atoms with Crippen LogP contribution < -0.4 is 5.32 Å². The minimum atomic E-state index is 0.0136. The number of hydrogen-bond acceptors (Lipinski definition) is 2. The van der Waals surface area contributed by atoms with Gasteiger partial charge in [-0.25, -0.2) is 0 Å². The average molecular weight is 399 g/mol. The summed E-state index contributed by atoms with van der Waals surface area (Å²) in [7, 11) is 0. The van der Waals surface area contributed by atoms with Gasteiger partial charge in [0.15, 0.2) is 0 Å². The summed E-state index contributed by atoms with van der Waals surface area (Å²) in [4.78, 5) is 13.1. The smallest absolute Gasteiger partial charge is 0.230 e. The van der Waals surface area contributed by atoms with E-state index < -0.39 is 0 Å². The molecule has 0 saturated heterocycles. The molecule has 0 spiro atoms. The first kappa shape index (κ1) is 17.4. The van der Waals surface area contributed by atoms with E-state index >= 15 is 0 Å². The van der Waals surface area contributed by atoms with Crippen molar-refractivity contribution in [3.05, 3.63) is 63.6 Å². The van der Waals surface area contributed by atoms with Crippen molar-refractivity contribution in [2.45, 2.75) is 24.3 Å². The Morgan fingerprint density at radius 2 is 1.91 bits per heavy atom. The van der Waals surface area contributed by atoms with Gasteiger partial charge in [0.1, 0.15) is 0 Å². The molecule has 0 unspecified atom stereocenters. The summed E-state index contributed by atoms with van der Waals surface area (Å²) in [5.41, 5.74) is 1.11. The Hall–Kier alpha value is -0.970. The van der Waals surface area contributed by atoms with Crippen LogP contribution >= 0.6 is 39.3 Å². The summed E-state index contributed by atoms with van der Waals surface area (Å²) >= 11 is 11.0. The second kappa shape index (κ2) is 8.61. The van der Waals surface area contributed by atoms with Crippen molar-refractivity contribution in [3.8, 4) is 0 Å². The summed E-state index contributed by atoms with van der Waals surface area (Å²) in [5.74, 6) is 0.371. The maximum Gasteiger partial charge on any atom is 0.230 e. The zero-order valence-corrected chi connectivity index (χ0v) is 15.3. The number of nitrogens with one attached hydrogen (secondary N) is 1. The van der Waals surface area contributed by atoms with Crippen LogP contribution in [0, 0.1) is 0 Å². The van der Waals surface area contributed by atoms with Crippen LogP contribution in [-0.4, -0.2) is 11.7 Å². The Bertz CT molecular complexity index is 633. The van der Waals surface area contributed by atoms with Crippen LogP contribution in [0.5, 0.6) is 0 Å². The molecule has 5 heteroatoms. The Balaban J connectivity index is 1.92. The molecule has 1 amide bonds. The lowest BCUT2D eigenvalue weighted by atomic mass is 10.0. The fourth-order valence-corrected chi connectivity index (χ4v) is 3.37. The third-order valence-corrected chi connectivity index (χ3v) is 5.26. The summed E-state index contributed by atoms with van der Waals surface area (Å²) < 4.78 is 1.03. The van der Waals surface area contributed by atoms with Crippen molar-refractivity contribution < 1.29 is 4.79 Å². The van der Waals surface area contributed by atoms with Gasteiger partial charge in [0.05, 0.1) is 16.8 Å². The first-order valence-electron chi connectivity index (χ1n) is 7.02. The molecule has 0 aromatic heterocycles.